The zero-order valence-corrected chi connectivity index (χ0v) is 14.6. The summed E-state index contributed by atoms with van der Waals surface area (Å²) < 4.78 is 26.2. The van der Waals surface area contributed by atoms with E-state index in [4.69, 9.17) is 0 Å². The van der Waals surface area contributed by atoms with Crippen molar-refractivity contribution in [1.29, 1.82) is 0 Å². The molecule has 1 unspecified atom stereocenters. The van der Waals surface area contributed by atoms with Crippen molar-refractivity contribution in [2.75, 3.05) is 0 Å². The molecule has 0 aliphatic rings. The number of amides is 2. The van der Waals surface area contributed by atoms with E-state index in [0.29, 0.717) is 12.8 Å². The average molecular weight is 346 g/mol. The molecule has 2 aromatic carbocycles. The smallest absolute Gasteiger partial charge is 0.315 e. The van der Waals surface area contributed by atoms with Gasteiger partial charge in [0.25, 0.3) is 0 Å². The first-order valence-electron chi connectivity index (χ1n) is 8.52. The maximum atomic E-state index is 13.1. The number of benzene rings is 2. The summed E-state index contributed by atoms with van der Waals surface area (Å²) in [5.74, 6) is -0.581. The predicted molar refractivity (Wildman–Crippen MR) is 95.4 cm³/mol. The maximum absolute atomic E-state index is 13.1. The van der Waals surface area contributed by atoms with Gasteiger partial charge in [0, 0.05) is 12.1 Å². The highest BCUT2D eigenvalue weighted by Crippen LogP contribution is 2.11. The molecule has 2 N–H and O–H groups in total. The molecule has 0 bridgehead atoms. The molecular formula is C20H24F2N2O. The van der Waals surface area contributed by atoms with Gasteiger partial charge >= 0.3 is 6.03 Å². The van der Waals surface area contributed by atoms with Gasteiger partial charge in [-0.2, -0.15) is 0 Å². The molecule has 0 aliphatic heterocycles. The molecule has 25 heavy (non-hydrogen) atoms. The van der Waals surface area contributed by atoms with E-state index in [1.165, 1.54) is 24.3 Å². The number of urea groups is 1. The lowest BCUT2D eigenvalue weighted by atomic mass is 9.99. The minimum Gasteiger partial charge on any atom is -0.336 e. The Morgan fingerprint density at radius 1 is 0.880 bits per heavy atom. The highest BCUT2D eigenvalue weighted by atomic mass is 19.1. The monoisotopic (exact) mass is 346 g/mol. The normalized spacial score (nSPS) is 12.0. The Hall–Kier alpha value is -2.43. The van der Waals surface area contributed by atoms with Gasteiger partial charge in [0.1, 0.15) is 11.6 Å². The zero-order chi connectivity index (χ0) is 18.2. The molecule has 134 valence electrons. The quantitative estimate of drug-likeness (QED) is 0.774. The van der Waals surface area contributed by atoms with Gasteiger partial charge in [-0.05, 0) is 61.6 Å². The minimum absolute atomic E-state index is 0.0808. The number of hydrogen-bond acceptors (Lipinski definition) is 1. The molecule has 0 aromatic heterocycles. The molecule has 2 aromatic rings. The molecule has 3 nitrogen and oxygen atoms in total. The Kier molecular flexibility index (Phi) is 6.92. The van der Waals surface area contributed by atoms with E-state index < -0.39 is 0 Å². The van der Waals surface area contributed by atoms with Gasteiger partial charge in [-0.1, -0.05) is 31.2 Å². The van der Waals surface area contributed by atoms with Crippen LogP contribution in [0.4, 0.5) is 13.6 Å². The van der Waals surface area contributed by atoms with Crippen LogP contribution >= 0.6 is 0 Å². The van der Waals surface area contributed by atoms with Crippen molar-refractivity contribution >= 4 is 6.03 Å². The van der Waals surface area contributed by atoms with Crippen molar-refractivity contribution in [2.24, 2.45) is 0 Å². The molecule has 5 heteroatoms. The van der Waals surface area contributed by atoms with E-state index in [-0.39, 0.29) is 29.7 Å². The van der Waals surface area contributed by atoms with Crippen LogP contribution in [0.25, 0.3) is 0 Å². The average Bonchev–Trinajstić information content (AvgIpc) is 2.58. The number of halogens is 2. The highest BCUT2D eigenvalue weighted by Gasteiger charge is 2.15. The summed E-state index contributed by atoms with van der Waals surface area (Å²) in [5, 5.41) is 5.85. The van der Waals surface area contributed by atoms with Gasteiger partial charge in [0.15, 0.2) is 0 Å². The summed E-state index contributed by atoms with van der Waals surface area (Å²) in [4.78, 5) is 12.2. The first-order valence-corrected chi connectivity index (χ1v) is 8.52. The predicted octanol–water partition coefficient (Wildman–Crippen LogP) is 4.22. The number of hydrogen-bond donors (Lipinski definition) is 2. The van der Waals surface area contributed by atoms with E-state index in [1.807, 2.05) is 13.8 Å². The van der Waals surface area contributed by atoms with Crippen molar-refractivity contribution in [3.05, 3.63) is 71.3 Å². The first-order chi connectivity index (χ1) is 12.0. The number of carbonyl (C=O) groups excluding carboxylic acids is 1. The lowest BCUT2D eigenvalue weighted by Gasteiger charge is -2.21. The summed E-state index contributed by atoms with van der Waals surface area (Å²) in [7, 11) is 0. The van der Waals surface area contributed by atoms with Crippen molar-refractivity contribution < 1.29 is 13.6 Å². The summed E-state index contributed by atoms with van der Waals surface area (Å²) >= 11 is 0. The van der Waals surface area contributed by atoms with Crippen LogP contribution in [-0.2, 0) is 12.8 Å². The topological polar surface area (TPSA) is 41.1 Å². The molecule has 2 rings (SSSR count). The fraction of sp³-hybridized carbons (Fsp3) is 0.350. The number of nitrogens with one attached hydrogen (secondary N) is 2. The van der Waals surface area contributed by atoms with Crippen molar-refractivity contribution in [3.63, 3.8) is 0 Å². The molecule has 2 amide bonds. The third-order valence-electron chi connectivity index (χ3n) is 4.12. The summed E-state index contributed by atoms with van der Waals surface area (Å²) in [6, 6.07) is 12.1. The molecule has 0 radical (unpaired) electrons. The van der Waals surface area contributed by atoms with E-state index in [1.54, 1.807) is 24.3 Å². The molecular weight excluding hydrogens is 322 g/mol. The summed E-state index contributed by atoms with van der Waals surface area (Å²) in [5.41, 5.74) is 1.86. The SMILES string of the molecule is CCC(C)NC(=O)NC(Cc1ccc(F)cc1)Cc1ccc(F)cc1. The molecule has 0 saturated carbocycles. The van der Waals surface area contributed by atoms with E-state index in [2.05, 4.69) is 10.6 Å². The first kappa shape index (κ1) is 18.9. The molecule has 1 atom stereocenters. The lowest BCUT2D eigenvalue weighted by molar-refractivity contribution is 0.233. The van der Waals surface area contributed by atoms with E-state index >= 15 is 0 Å². The van der Waals surface area contributed by atoms with Crippen LogP contribution < -0.4 is 10.6 Å². The standard InChI is InChI=1S/C20H24F2N2O/c1-3-14(2)23-20(25)24-19(12-15-4-8-17(21)9-5-15)13-16-6-10-18(22)11-7-16/h4-11,14,19H,3,12-13H2,1-2H3,(H2,23,24,25). The summed E-state index contributed by atoms with van der Waals surface area (Å²) in [6.07, 6.45) is 1.96. The zero-order valence-electron chi connectivity index (χ0n) is 14.6. The van der Waals surface area contributed by atoms with E-state index in [9.17, 15) is 13.6 Å². The van der Waals surface area contributed by atoms with Gasteiger partial charge in [-0.25, -0.2) is 13.6 Å². The van der Waals surface area contributed by atoms with E-state index in [0.717, 1.165) is 17.5 Å². The van der Waals surface area contributed by atoms with Crippen molar-refractivity contribution in [1.82, 2.24) is 10.6 Å². The van der Waals surface area contributed by atoms with Crippen LogP contribution in [0, 0.1) is 11.6 Å². The second-order valence-corrected chi connectivity index (χ2v) is 6.29. The van der Waals surface area contributed by atoms with Crippen LogP contribution in [0.2, 0.25) is 0 Å². The van der Waals surface area contributed by atoms with Gasteiger partial charge in [0.05, 0.1) is 0 Å². The second kappa shape index (κ2) is 9.16. The van der Waals surface area contributed by atoms with Gasteiger partial charge in [0.2, 0.25) is 0 Å². The lowest BCUT2D eigenvalue weighted by Crippen LogP contribution is -2.46. The second-order valence-electron chi connectivity index (χ2n) is 6.29. The Morgan fingerprint density at radius 2 is 1.32 bits per heavy atom. The van der Waals surface area contributed by atoms with Crippen LogP contribution in [-0.4, -0.2) is 18.1 Å². The Labute approximate surface area is 147 Å². The molecule has 0 fully saturated rings. The molecule has 0 heterocycles. The molecule has 0 saturated heterocycles. The third kappa shape index (κ3) is 6.53. The Bertz CT molecular complexity index is 624. The fourth-order valence-corrected chi connectivity index (χ4v) is 2.54. The Morgan fingerprint density at radius 3 is 1.72 bits per heavy atom. The minimum atomic E-state index is -0.290. The molecule has 0 aliphatic carbocycles. The summed E-state index contributed by atoms with van der Waals surface area (Å²) in [6.45, 7) is 3.94. The van der Waals surface area contributed by atoms with Crippen LogP contribution in [0.5, 0.6) is 0 Å². The van der Waals surface area contributed by atoms with Gasteiger partial charge < -0.3 is 10.6 Å². The van der Waals surface area contributed by atoms with Crippen LogP contribution in [0.15, 0.2) is 48.5 Å². The Balaban J connectivity index is 2.07. The van der Waals surface area contributed by atoms with Gasteiger partial charge in [-0.3, -0.25) is 0 Å². The number of carbonyl (C=O) groups is 1. The maximum Gasteiger partial charge on any atom is 0.315 e. The van der Waals surface area contributed by atoms with Crippen LogP contribution in [0.3, 0.4) is 0 Å². The highest BCUT2D eigenvalue weighted by molar-refractivity contribution is 5.74. The number of rotatable bonds is 7. The van der Waals surface area contributed by atoms with Crippen molar-refractivity contribution in [3.8, 4) is 0 Å². The van der Waals surface area contributed by atoms with Crippen molar-refractivity contribution in [2.45, 2.75) is 45.2 Å². The van der Waals surface area contributed by atoms with Gasteiger partial charge in [-0.15, -0.1) is 0 Å². The third-order valence-corrected chi connectivity index (χ3v) is 4.12. The fourth-order valence-electron chi connectivity index (χ4n) is 2.54. The largest absolute Gasteiger partial charge is 0.336 e. The molecule has 0 spiro atoms. The van der Waals surface area contributed by atoms with Crippen LogP contribution in [0.1, 0.15) is 31.4 Å².